The Balaban J connectivity index is 1.78. The first-order chi connectivity index (χ1) is 8.34. The van der Waals surface area contributed by atoms with Crippen LogP contribution in [0.2, 0.25) is 0 Å². The standard InChI is InChI=1S/C13H17NO3/c15-12-9(7-10-3-1-2-6-14-10)4-5-11-13(12)17-8-16-11/h4-5,10,14-15H,1-3,6-8H2. The maximum absolute atomic E-state index is 10.1. The molecule has 1 fully saturated rings. The monoisotopic (exact) mass is 235 g/mol. The molecule has 4 nitrogen and oxygen atoms in total. The molecule has 0 bridgehead atoms. The van der Waals surface area contributed by atoms with Crippen LogP contribution in [0, 0.1) is 0 Å². The number of hydrogen-bond acceptors (Lipinski definition) is 4. The van der Waals surface area contributed by atoms with Crippen LogP contribution in [0.4, 0.5) is 0 Å². The van der Waals surface area contributed by atoms with Crippen molar-refractivity contribution in [1.29, 1.82) is 0 Å². The van der Waals surface area contributed by atoms with Crippen LogP contribution in [-0.4, -0.2) is 24.5 Å². The zero-order chi connectivity index (χ0) is 11.7. The van der Waals surface area contributed by atoms with E-state index in [4.69, 9.17) is 9.47 Å². The lowest BCUT2D eigenvalue weighted by molar-refractivity contribution is 0.171. The molecule has 1 aromatic rings. The Bertz CT molecular complexity index is 413. The van der Waals surface area contributed by atoms with E-state index in [2.05, 4.69) is 5.32 Å². The molecule has 92 valence electrons. The molecule has 1 atom stereocenters. The van der Waals surface area contributed by atoms with E-state index in [-0.39, 0.29) is 12.5 Å². The molecule has 0 amide bonds. The largest absolute Gasteiger partial charge is 0.504 e. The number of fused-ring (bicyclic) bond motifs is 1. The van der Waals surface area contributed by atoms with Crippen LogP contribution in [0.5, 0.6) is 17.2 Å². The van der Waals surface area contributed by atoms with Gasteiger partial charge < -0.3 is 19.9 Å². The molecular formula is C13H17NO3. The number of benzene rings is 1. The molecule has 0 aromatic heterocycles. The SMILES string of the molecule is Oc1c(CC2CCCCN2)ccc2c1OCO2. The minimum Gasteiger partial charge on any atom is -0.504 e. The van der Waals surface area contributed by atoms with Gasteiger partial charge in [0.15, 0.2) is 11.5 Å². The average molecular weight is 235 g/mol. The van der Waals surface area contributed by atoms with Gasteiger partial charge in [0.05, 0.1) is 0 Å². The molecule has 2 aliphatic rings. The number of rotatable bonds is 2. The molecule has 3 rings (SSSR count). The molecule has 0 aliphatic carbocycles. The first-order valence-corrected chi connectivity index (χ1v) is 6.18. The molecule has 0 radical (unpaired) electrons. The smallest absolute Gasteiger partial charge is 0.231 e. The molecule has 1 saturated heterocycles. The lowest BCUT2D eigenvalue weighted by Gasteiger charge is -2.23. The number of nitrogens with one attached hydrogen (secondary N) is 1. The molecule has 0 spiro atoms. The predicted molar refractivity (Wildman–Crippen MR) is 63.6 cm³/mol. The van der Waals surface area contributed by atoms with Gasteiger partial charge >= 0.3 is 0 Å². The highest BCUT2D eigenvalue weighted by atomic mass is 16.7. The van der Waals surface area contributed by atoms with E-state index in [1.807, 2.05) is 12.1 Å². The Morgan fingerprint density at radius 3 is 3.06 bits per heavy atom. The molecule has 2 heterocycles. The van der Waals surface area contributed by atoms with E-state index in [1.165, 1.54) is 19.3 Å². The van der Waals surface area contributed by atoms with Crippen LogP contribution >= 0.6 is 0 Å². The Kier molecular flexibility index (Phi) is 2.81. The van der Waals surface area contributed by atoms with Crippen molar-refractivity contribution in [1.82, 2.24) is 5.32 Å². The molecule has 17 heavy (non-hydrogen) atoms. The second-order valence-electron chi connectivity index (χ2n) is 4.66. The van der Waals surface area contributed by atoms with Crippen molar-refractivity contribution in [3.63, 3.8) is 0 Å². The summed E-state index contributed by atoms with van der Waals surface area (Å²) < 4.78 is 10.5. The van der Waals surface area contributed by atoms with Gasteiger partial charge in [-0.25, -0.2) is 0 Å². The van der Waals surface area contributed by atoms with E-state index in [9.17, 15) is 5.11 Å². The number of phenolic OH excluding ortho intramolecular Hbond substituents is 1. The summed E-state index contributed by atoms with van der Waals surface area (Å²) in [6.45, 7) is 1.28. The van der Waals surface area contributed by atoms with Crippen molar-refractivity contribution in [3.05, 3.63) is 17.7 Å². The summed E-state index contributed by atoms with van der Waals surface area (Å²) >= 11 is 0. The molecule has 0 saturated carbocycles. The summed E-state index contributed by atoms with van der Waals surface area (Å²) in [7, 11) is 0. The highest BCUT2D eigenvalue weighted by Crippen LogP contribution is 2.42. The van der Waals surface area contributed by atoms with Gasteiger partial charge in [-0.15, -0.1) is 0 Å². The first-order valence-electron chi connectivity index (χ1n) is 6.18. The fraction of sp³-hybridized carbons (Fsp3) is 0.538. The summed E-state index contributed by atoms with van der Waals surface area (Å²) in [6, 6.07) is 4.27. The van der Waals surface area contributed by atoms with E-state index in [0.29, 0.717) is 17.5 Å². The van der Waals surface area contributed by atoms with Crippen molar-refractivity contribution in [3.8, 4) is 17.2 Å². The predicted octanol–water partition coefficient (Wildman–Crippen LogP) is 1.81. The van der Waals surface area contributed by atoms with Crippen LogP contribution in [0.1, 0.15) is 24.8 Å². The van der Waals surface area contributed by atoms with Crippen molar-refractivity contribution in [2.75, 3.05) is 13.3 Å². The van der Waals surface area contributed by atoms with Crippen LogP contribution in [-0.2, 0) is 6.42 Å². The number of ether oxygens (including phenoxy) is 2. The highest BCUT2D eigenvalue weighted by molar-refractivity contribution is 5.56. The minimum absolute atomic E-state index is 0.202. The molecule has 2 N–H and O–H groups in total. The Morgan fingerprint density at radius 1 is 1.29 bits per heavy atom. The van der Waals surface area contributed by atoms with Gasteiger partial charge in [-0.3, -0.25) is 0 Å². The molecule has 2 aliphatic heterocycles. The minimum atomic E-state index is 0.202. The van der Waals surface area contributed by atoms with Gasteiger partial charge in [-0.2, -0.15) is 0 Å². The third-order valence-electron chi connectivity index (χ3n) is 3.48. The Morgan fingerprint density at radius 2 is 2.24 bits per heavy atom. The van der Waals surface area contributed by atoms with Crippen LogP contribution in [0.3, 0.4) is 0 Å². The fourth-order valence-electron chi connectivity index (χ4n) is 2.53. The van der Waals surface area contributed by atoms with Crippen LogP contribution in [0.15, 0.2) is 12.1 Å². The van der Waals surface area contributed by atoms with Crippen molar-refractivity contribution >= 4 is 0 Å². The lowest BCUT2D eigenvalue weighted by Crippen LogP contribution is -2.35. The van der Waals surface area contributed by atoms with Crippen molar-refractivity contribution in [2.45, 2.75) is 31.7 Å². The number of hydrogen-bond donors (Lipinski definition) is 2. The van der Waals surface area contributed by atoms with Crippen LogP contribution in [0.25, 0.3) is 0 Å². The van der Waals surface area contributed by atoms with E-state index >= 15 is 0 Å². The number of aromatic hydroxyl groups is 1. The molecule has 4 heteroatoms. The van der Waals surface area contributed by atoms with E-state index in [1.54, 1.807) is 0 Å². The lowest BCUT2D eigenvalue weighted by atomic mass is 9.97. The second kappa shape index (κ2) is 4.45. The average Bonchev–Trinajstić information content (AvgIpc) is 2.83. The van der Waals surface area contributed by atoms with Gasteiger partial charge in [0.2, 0.25) is 12.5 Å². The molecular weight excluding hydrogens is 218 g/mol. The maximum Gasteiger partial charge on any atom is 0.231 e. The Hall–Kier alpha value is -1.42. The highest BCUT2D eigenvalue weighted by Gasteiger charge is 2.22. The molecule has 1 unspecified atom stereocenters. The topological polar surface area (TPSA) is 50.7 Å². The maximum atomic E-state index is 10.1. The summed E-state index contributed by atoms with van der Waals surface area (Å²) in [5, 5.41) is 13.6. The van der Waals surface area contributed by atoms with Gasteiger partial charge in [-0.1, -0.05) is 12.5 Å². The number of phenols is 1. The normalized spacial score (nSPS) is 22.7. The van der Waals surface area contributed by atoms with Gasteiger partial charge in [0.25, 0.3) is 0 Å². The summed E-state index contributed by atoms with van der Waals surface area (Å²) in [5.41, 5.74) is 0.939. The quantitative estimate of drug-likeness (QED) is 0.820. The van der Waals surface area contributed by atoms with Crippen molar-refractivity contribution < 1.29 is 14.6 Å². The van der Waals surface area contributed by atoms with Crippen molar-refractivity contribution in [2.24, 2.45) is 0 Å². The van der Waals surface area contributed by atoms with Gasteiger partial charge in [0.1, 0.15) is 0 Å². The van der Waals surface area contributed by atoms with E-state index < -0.39 is 0 Å². The molecule has 1 aromatic carbocycles. The third kappa shape index (κ3) is 2.05. The summed E-state index contributed by atoms with van der Waals surface area (Å²) in [4.78, 5) is 0. The zero-order valence-corrected chi connectivity index (χ0v) is 9.74. The zero-order valence-electron chi connectivity index (χ0n) is 9.74. The Labute approximate surface area is 101 Å². The van der Waals surface area contributed by atoms with Crippen LogP contribution < -0.4 is 14.8 Å². The fourth-order valence-corrected chi connectivity index (χ4v) is 2.53. The van der Waals surface area contributed by atoms with Gasteiger partial charge in [-0.05, 0) is 37.4 Å². The van der Waals surface area contributed by atoms with Gasteiger partial charge in [0, 0.05) is 6.04 Å². The van der Waals surface area contributed by atoms with E-state index in [0.717, 1.165) is 18.5 Å². The first kappa shape index (κ1) is 10.7. The third-order valence-corrected chi connectivity index (χ3v) is 3.48. The number of piperidine rings is 1. The summed E-state index contributed by atoms with van der Waals surface area (Å²) in [6.07, 6.45) is 4.54. The second-order valence-corrected chi connectivity index (χ2v) is 4.66. The summed E-state index contributed by atoms with van der Waals surface area (Å²) in [5.74, 6) is 1.38.